The van der Waals surface area contributed by atoms with Gasteiger partial charge >= 0.3 is 0 Å². The summed E-state index contributed by atoms with van der Waals surface area (Å²) in [7, 11) is 0. The third kappa shape index (κ3) is 2.18. The minimum absolute atomic E-state index is 0.298. The summed E-state index contributed by atoms with van der Waals surface area (Å²) in [5.41, 5.74) is 4.36. The van der Waals surface area contributed by atoms with Gasteiger partial charge in [-0.15, -0.1) is 0 Å². The van der Waals surface area contributed by atoms with E-state index in [-0.39, 0.29) is 0 Å². The lowest BCUT2D eigenvalue weighted by molar-refractivity contribution is 0.0518. The Balaban J connectivity index is 1.84. The lowest BCUT2D eigenvalue weighted by Gasteiger charge is -2.15. The molecule has 0 fully saturated rings. The fourth-order valence-corrected chi connectivity index (χ4v) is 2.16. The molecule has 0 bridgehead atoms. The quantitative estimate of drug-likeness (QED) is 0.855. The molecule has 3 rings (SSSR count). The lowest BCUT2D eigenvalue weighted by atomic mass is 10.1. The SMILES string of the molecule is Cc1ccc(C(=O)NN2C(=O)c3ccccc3C2=O)cc1. The Morgan fingerprint density at radius 1 is 0.905 bits per heavy atom. The number of fused-ring (bicyclic) bond motifs is 1. The normalized spacial score (nSPS) is 13.3. The summed E-state index contributed by atoms with van der Waals surface area (Å²) < 4.78 is 0. The summed E-state index contributed by atoms with van der Waals surface area (Å²) in [5.74, 6) is -1.53. The van der Waals surface area contributed by atoms with Crippen molar-refractivity contribution in [2.24, 2.45) is 0 Å². The number of aryl methyl sites for hydroxylation is 1. The minimum atomic E-state index is -0.518. The van der Waals surface area contributed by atoms with E-state index in [1.165, 1.54) is 0 Å². The lowest BCUT2D eigenvalue weighted by Crippen LogP contribution is -2.45. The number of rotatable bonds is 2. The van der Waals surface area contributed by atoms with Crippen LogP contribution in [0.1, 0.15) is 36.6 Å². The molecule has 104 valence electrons. The standard InChI is InChI=1S/C16H12N2O3/c1-10-6-8-11(9-7-10)14(19)17-18-15(20)12-4-2-3-5-13(12)16(18)21/h2-9H,1H3,(H,17,19). The zero-order valence-corrected chi connectivity index (χ0v) is 11.3. The molecule has 0 saturated heterocycles. The largest absolute Gasteiger partial charge is 0.280 e. The molecule has 1 aliphatic rings. The number of nitrogens with zero attached hydrogens (tertiary/aromatic N) is 1. The van der Waals surface area contributed by atoms with Crippen molar-refractivity contribution in [2.45, 2.75) is 6.92 Å². The van der Waals surface area contributed by atoms with Gasteiger partial charge in [-0.25, -0.2) is 0 Å². The summed E-state index contributed by atoms with van der Waals surface area (Å²) in [5, 5.41) is 0.757. The van der Waals surface area contributed by atoms with Gasteiger partial charge in [0.15, 0.2) is 0 Å². The van der Waals surface area contributed by atoms with Crippen molar-refractivity contribution in [3.05, 3.63) is 70.8 Å². The molecule has 1 heterocycles. The fraction of sp³-hybridized carbons (Fsp3) is 0.0625. The molecule has 21 heavy (non-hydrogen) atoms. The zero-order chi connectivity index (χ0) is 15.0. The van der Waals surface area contributed by atoms with E-state index in [1.807, 2.05) is 6.92 Å². The van der Waals surface area contributed by atoms with Crippen LogP contribution in [0.15, 0.2) is 48.5 Å². The van der Waals surface area contributed by atoms with Crippen LogP contribution < -0.4 is 5.43 Å². The van der Waals surface area contributed by atoms with Gasteiger partial charge in [-0.05, 0) is 31.2 Å². The van der Waals surface area contributed by atoms with Gasteiger partial charge < -0.3 is 0 Å². The third-order valence-corrected chi connectivity index (χ3v) is 3.32. The highest BCUT2D eigenvalue weighted by Gasteiger charge is 2.36. The molecule has 1 aliphatic heterocycles. The summed E-state index contributed by atoms with van der Waals surface area (Å²) >= 11 is 0. The Kier molecular flexibility index (Phi) is 3.02. The predicted molar refractivity (Wildman–Crippen MR) is 75.6 cm³/mol. The van der Waals surface area contributed by atoms with Crippen LogP contribution in [0.3, 0.4) is 0 Å². The molecule has 0 unspecified atom stereocenters. The number of amides is 3. The van der Waals surface area contributed by atoms with Gasteiger partial charge in [-0.3, -0.25) is 19.8 Å². The number of nitrogens with one attached hydrogen (secondary N) is 1. The fourth-order valence-electron chi connectivity index (χ4n) is 2.16. The maximum absolute atomic E-state index is 12.1. The molecule has 5 heteroatoms. The van der Waals surface area contributed by atoms with Crippen LogP contribution in [-0.4, -0.2) is 22.7 Å². The van der Waals surface area contributed by atoms with Gasteiger partial charge in [0.2, 0.25) is 0 Å². The van der Waals surface area contributed by atoms with Crippen LogP contribution in [0.2, 0.25) is 0 Å². The van der Waals surface area contributed by atoms with Crippen LogP contribution in [0.5, 0.6) is 0 Å². The van der Waals surface area contributed by atoms with Crippen LogP contribution in [0.4, 0.5) is 0 Å². The van der Waals surface area contributed by atoms with Crippen molar-refractivity contribution in [1.82, 2.24) is 10.4 Å². The highest BCUT2D eigenvalue weighted by Crippen LogP contribution is 2.20. The monoisotopic (exact) mass is 280 g/mol. The Labute approximate surface area is 121 Å². The molecule has 0 spiro atoms. The molecule has 2 aromatic carbocycles. The molecule has 5 nitrogen and oxygen atoms in total. The molecule has 0 saturated carbocycles. The van der Waals surface area contributed by atoms with Gasteiger partial charge in [0.05, 0.1) is 11.1 Å². The van der Waals surface area contributed by atoms with E-state index in [0.717, 1.165) is 10.6 Å². The van der Waals surface area contributed by atoms with E-state index in [1.54, 1.807) is 48.5 Å². The van der Waals surface area contributed by atoms with Crippen molar-refractivity contribution >= 4 is 17.7 Å². The van der Waals surface area contributed by atoms with Gasteiger partial charge in [-0.2, -0.15) is 5.01 Å². The molecule has 0 radical (unpaired) electrons. The average Bonchev–Trinajstić information content (AvgIpc) is 2.73. The second-order valence-corrected chi connectivity index (χ2v) is 4.80. The number of hydrogen-bond acceptors (Lipinski definition) is 3. The van der Waals surface area contributed by atoms with Crippen LogP contribution in [0.25, 0.3) is 0 Å². The second kappa shape index (κ2) is 4.86. The third-order valence-electron chi connectivity index (χ3n) is 3.32. The van der Waals surface area contributed by atoms with Crippen molar-refractivity contribution < 1.29 is 14.4 Å². The van der Waals surface area contributed by atoms with Crippen molar-refractivity contribution in [1.29, 1.82) is 0 Å². The molecular weight excluding hydrogens is 268 g/mol. The molecule has 0 atom stereocenters. The van der Waals surface area contributed by atoms with E-state index in [4.69, 9.17) is 0 Å². The first-order valence-electron chi connectivity index (χ1n) is 6.43. The van der Waals surface area contributed by atoms with Crippen molar-refractivity contribution in [3.63, 3.8) is 0 Å². The minimum Gasteiger partial charge on any atom is -0.267 e. The van der Waals surface area contributed by atoms with Crippen LogP contribution >= 0.6 is 0 Å². The van der Waals surface area contributed by atoms with E-state index in [9.17, 15) is 14.4 Å². The van der Waals surface area contributed by atoms with E-state index >= 15 is 0 Å². The van der Waals surface area contributed by atoms with Crippen molar-refractivity contribution in [2.75, 3.05) is 0 Å². The summed E-state index contributed by atoms with van der Waals surface area (Å²) in [6.07, 6.45) is 0. The van der Waals surface area contributed by atoms with Crippen molar-refractivity contribution in [3.8, 4) is 0 Å². The summed E-state index contributed by atoms with van der Waals surface area (Å²) in [4.78, 5) is 36.3. The first kappa shape index (κ1) is 13.1. The Morgan fingerprint density at radius 3 is 1.95 bits per heavy atom. The highest BCUT2D eigenvalue weighted by molar-refractivity contribution is 6.22. The van der Waals surface area contributed by atoms with Gasteiger partial charge in [0, 0.05) is 5.56 Å². The first-order chi connectivity index (χ1) is 10.1. The zero-order valence-electron chi connectivity index (χ0n) is 11.3. The Hall–Kier alpha value is -2.95. The second-order valence-electron chi connectivity index (χ2n) is 4.80. The molecule has 3 amide bonds. The Bertz CT molecular complexity index is 715. The molecular formula is C16H12N2O3. The topological polar surface area (TPSA) is 66.5 Å². The van der Waals surface area contributed by atoms with Gasteiger partial charge in [0.25, 0.3) is 17.7 Å². The average molecular weight is 280 g/mol. The number of hydrogen-bond donors (Lipinski definition) is 1. The van der Waals surface area contributed by atoms with Crippen LogP contribution in [-0.2, 0) is 0 Å². The number of imide groups is 1. The number of carbonyl (C=O) groups is 3. The molecule has 0 aromatic heterocycles. The number of carbonyl (C=O) groups excluding carboxylic acids is 3. The predicted octanol–water partition coefficient (Wildman–Crippen LogP) is 1.94. The molecule has 1 N–H and O–H groups in total. The van der Waals surface area contributed by atoms with E-state index < -0.39 is 17.7 Å². The van der Waals surface area contributed by atoms with Gasteiger partial charge in [-0.1, -0.05) is 29.8 Å². The molecule has 2 aromatic rings. The van der Waals surface area contributed by atoms with E-state index in [2.05, 4.69) is 5.43 Å². The molecule has 0 aliphatic carbocycles. The van der Waals surface area contributed by atoms with Crippen LogP contribution in [0, 0.1) is 6.92 Å². The smallest absolute Gasteiger partial charge is 0.267 e. The highest BCUT2D eigenvalue weighted by atomic mass is 16.2. The first-order valence-corrected chi connectivity index (χ1v) is 6.43. The maximum Gasteiger partial charge on any atom is 0.280 e. The van der Waals surface area contributed by atoms with Gasteiger partial charge in [0.1, 0.15) is 0 Å². The maximum atomic E-state index is 12.1. The summed E-state index contributed by atoms with van der Waals surface area (Å²) in [6, 6.07) is 13.3. The Morgan fingerprint density at radius 2 is 1.43 bits per heavy atom. The number of hydrazine groups is 1. The summed E-state index contributed by atoms with van der Waals surface area (Å²) in [6.45, 7) is 1.91. The number of benzene rings is 2. The van der Waals surface area contributed by atoms with E-state index in [0.29, 0.717) is 16.7 Å².